The van der Waals surface area contributed by atoms with Crippen molar-refractivity contribution in [2.45, 2.75) is 31.6 Å². The van der Waals surface area contributed by atoms with Gasteiger partial charge in [-0.2, -0.15) is 0 Å². The molecular weight excluding hydrogens is 414 g/mol. The largest absolute Gasteiger partial charge is 0.326 e. The summed E-state index contributed by atoms with van der Waals surface area (Å²) < 4.78 is 54.1. The van der Waals surface area contributed by atoms with Gasteiger partial charge in [-0.25, -0.2) is 16.8 Å². The van der Waals surface area contributed by atoms with Crippen molar-refractivity contribution in [3.05, 3.63) is 48.0 Å². The number of carbonyl (C=O) groups is 1. The number of benzene rings is 2. The van der Waals surface area contributed by atoms with Crippen molar-refractivity contribution in [3.8, 4) is 0 Å². The van der Waals surface area contributed by atoms with Crippen LogP contribution < -0.4 is 14.3 Å². The molecule has 2 aromatic rings. The molecule has 0 aromatic heterocycles. The van der Waals surface area contributed by atoms with E-state index in [0.717, 1.165) is 18.4 Å². The lowest BCUT2D eigenvalue weighted by molar-refractivity contribution is -0.114. The van der Waals surface area contributed by atoms with Crippen LogP contribution in [0.5, 0.6) is 0 Å². The molecule has 1 aliphatic heterocycles. The standard InChI is InChI=1S/C19H23N3O5S2/c1-3-28(24,25)22-12-4-5-15-6-7-17(13-19(15)22)21-29(26,27)18-10-8-16(9-11-18)20-14(2)23/h6-11,13,21H,3-5,12H2,1-2H3,(H,20,23). The maximum atomic E-state index is 12.7. The van der Waals surface area contributed by atoms with Crippen molar-refractivity contribution in [2.24, 2.45) is 0 Å². The summed E-state index contributed by atoms with van der Waals surface area (Å²) in [6.45, 7) is 3.33. The molecule has 0 saturated heterocycles. The molecule has 8 nitrogen and oxygen atoms in total. The molecule has 29 heavy (non-hydrogen) atoms. The highest BCUT2D eigenvalue weighted by Crippen LogP contribution is 2.33. The number of aryl methyl sites for hydroxylation is 1. The second kappa shape index (κ2) is 8.03. The van der Waals surface area contributed by atoms with Crippen LogP contribution >= 0.6 is 0 Å². The molecule has 0 unspecified atom stereocenters. The fraction of sp³-hybridized carbons (Fsp3) is 0.316. The van der Waals surface area contributed by atoms with E-state index in [1.54, 1.807) is 25.1 Å². The fourth-order valence-electron chi connectivity index (χ4n) is 3.18. The molecule has 10 heteroatoms. The summed E-state index contributed by atoms with van der Waals surface area (Å²) in [5.74, 6) is -0.275. The zero-order chi connectivity index (χ0) is 21.2. The molecule has 0 fully saturated rings. The normalized spacial score (nSPS) is 14.2. The summed E-state index contributed by atoms with van der Waals surface area (Å²) in [7, 11) is -7.31. The van der Waals surface area contributed by atoms with Gasteiger partial charge in [0.05, 0.1) is 22.0 Å². The summed E-state index contributed by atoms with van der Waals surface area (Å²) >= 11 is 0. The van der Waals surface area contributed by atoms with Crippen molar-refractivity contribution in [3.63, 3.8) is 0 Å². The van der Waals surface area contributed by atoms with Crippen LogP contribution in [-0.4, -0.2) is 35.0 Å². The average Bonchev–Trinajstić information content (AvgIpc) is 2.67. The van der Waals surface area contributed by atoms with Gasteiger partial charge in [0.2, 0.25) is 15.9 Å². The molecule has 2 N–H and O–H groups in total. The lowest BCUT2D eigenvalue weighted by atomic mass is 10.0. The number of rotatable bonds is 6. The van der Waals surface area contributed by atoms with Crippen LogP contribution in [0.3, 0.4) is 0 Å². The Labute approximate surface area is 171 Å². The van der Waals surface area contributed by atoms with E-state index in [1.165, 1.54) is 35.5 Å². The van der Waals surface area contributed by atoms with Crippen molar-refractivity contribution >= 4 is 43.0 Å². The quantitative estimate of drug-likeness (QED) is 0.721. The number of hydrogen-bond acceptors (Lipinski definition) is 5. The molecule has 0 atom stereocenters. The first-order valence-corrected chi connectivity index (χ1v) is 12.3. The Kier molecular flexibility index (Phi) is 5.85. The van der Waals surface area contributed by atoms with Gasteiger partial charge in [0, 0.05) is 19.2 Å². The maximum Gasteiger partial charge on any atom is 0.261 e. The minimum absolute atomic E-state index is 0.0248. The molecule has 0 radical (unpaired) electrons. The predicted molar refractivity (Wildman–Crippen MR) is 113 cm³/mol. The van der Waals surface area contributed by atoms with Gasteiger partial charge in [-0.3, -0.25) is 13.8 Å². The van der Waals surface area contributed by atoms with E-state index in [-0.39, 0.29) is 22.2 Å². The first-order chi connectivity index (χ1) is 13.6. The zero-order valence-corrected chi connectivity index (χ0v) is 17.8. The molecule has 0 aliphatic carbocycles. The van der Waals surface area contributed by atoms with Gasteiger partial charge in [0.15, 0.2) is 0 Å². The second-order valence-electron chi connectivity index (χ2n) is 6.73. The Morgan fingerprint density at radius 2 is 1.69 bits per heavy atom. The van der Waals surface area contributed by atoms with E-state index >= 15 is 0 Å². The second-order valence-corrected chi connectivity index (χ2v) is 10.6. The van der Waals surface area contributed by atoms with Crippen LogP contribution in [0.1, 0.15) is 25.8 Å². The number of nitrogens with one attached hydrogen (secondary N) is 2. The highest BCUT2D eigenvalue weighted by molar-refractivity contribution is 7.93. The molecule has 156 valence electrons. The highest BCUT2D eigenvalue weighted by atomic mass is 32.2. The van der Waals surface area contributed by atoms with E-state index in [4.69, 9.17) is 0 Å². The number of carbonyl (C=O) groups excluding carboxylic acids is 1. The SMILES string of the molecule is CCS(=O)(=O)N1CCCc2ccc(NS(=O)(=O)c3ccc(NC(C)=O)cc3)cc21. The van der Waals surface area contributed by atoms with Crippen LogP contribution in [0.15, 0.2) is 47.4 Å². The number of fused-ring (bicyclic) bond motifs is 1. The lowest BCUT2D eigenvalue weighted by Gasteiger charge is -2.30. The van der Waals surface area contributed by atoms with Crippen molar-refractivity contribution in [1.82, 2.24) is 0 Å². The molecule has 0 spiro atoms. The Morgan fingerprint density at radius 3 is 2.31 bits per heavy atom. The third-order valence-corrected chi connectivity index (χ3v) is 7.78. The first-order valence-electron chi connectivity index (χ1n) is 9.16. The summed E-state index contributed by atoms with van der Waals surface area (Å²) in [6.07, 6.45) is 1.46. The third-order valence-electron chi connectivity index (χ3n) is 4.60. The predicted octanol–water partition coefficient (Wildman–Crippen LogP) is 2.55. The van der Waals surface area contributed by atoms with Gasteiger partial charge < -0.3 is 5.32 Å². The Bertz CT molecular complexity index is 1130. The molecular formula is C19H23N3O5S2. The van der Waals surface area contributed by atoms with E-state index in [0.29, 0.717) is 17.9 Å². The molecule has 2 aromatic carbocycles. The van der Waals surface area contributed by atoms with Crippen molar-refractivity contribution < 1.29 is 21.6 Å². The Balaban J connectivity index is 1.88. The van der Waals surface area contributed by atoms with Gasteiger partial charge >= 0.3 is 0 Å². The highest BCUT2D eigenvalue weighted by Gasteiger charge is 2.27. The zero-order valence-electron chi connectivity index (χ0n) is 16.2. The summed E-state index contributed by atoms with van der Waals surface area (Å²) in [5.41, 5.74) is 2.16. The lowest BCUT2D eigenvalue weighted by Crippen LogP contribution is -2.36. The Morgan fingerprint density at radius 1 is 1.03 bits per heavy atom. The van der Waals surface area contributed by atoms with Gasteiger partial charge in [-0.1, -0.05) is 6.07 Å². The van der Waals surface area contributed by atoms with E-state index in [2.05, 4.69) is 10.0 Å². The van der Waals surface area contributed by atoms with Crippen LogP contribution in [0.4, 0.5) is 17.1 Å². The molecule has 1 amide bonds. The summed E-state index contributed by atoms with van der Waals surface area (Å²) in [4.78, 5) is 11.1. The molecule has 1 heterocycles. The first kappa shape index (κ1) is 21.1. The van der Waals surface area contributed by atoms with E-state index < -0.39 is 20.0 Å². The van der Waals surface area contributed by atoms with E-state index in [1.807, 2.05) is 0 Å². The van der Waals surface area contributed by atoms with Crippen molar-refractivity contribution in [2.75, 3.05) is 26.6 Å². The summed E-state index contributed by atoms with van der Waals surface area (Å²) in [5, 5.41) is 2.58. The molecule has 0 saturated carbocycles. The van der Waals surface area contributed by atoms with Crippen molar-refractivity contribution in [1.29, 1.82) is 0 Å². The number of hydrogen-bond donors (Lipinski definition) is 2. The Hall–Kier alpha value is -2.59. The van der Waals surface area contributed by atoms with Crippen LogP contribution in [-0.2, 0) is 31.3 Å². The monoisotopic (exact) mass is 437 g/mol. The van der Waals surface area contributed by atoms with Gasteiger partial charge in [-0.05, 0) is 61.7 Å². The minimum Gasteiger partial charge on any atom is -0.326 e. The minimum atomic E-state index is -3.87. The molecule has 1 aliphatic rings. The molecule has 3 rings (SSSR count). The van der Waals surface area contributed by atoms with Crippen LogP contribution in [0.25, 0.3) is 0 Å². The van der Waals surface area contributed by atoms with E-state index in [9.17, 15) is 21.6 Å². The number of anilines is 3. The van der Waals surface area contributed by atoms with Gasteiger partial charge in [0.25, 0.3) is 10.0 Å². The average molecular weight is 438 g/mol. The number of nitrogens with zero attached hydrogens (tertiary/aromatic N) is 1. The number of sulfonamides is 2. The molecule has 0 bridgehead atoms. The topological polar surface area (TPSA) is 113 Å². The van der Waals surface area contributed by atoms with Crippen LogP contribution in [0.2, 0.25) is 0 Å². The smallest absolute Gasteiger partial charge is 0.261 e. The van der Waals surface area contributed by atoms with Crippen LogP contribution in [0, 0.1) is 0 Å². The number of amides is 1. The third kappa shape index (κ3) is 4.70. The fourth-order valence-corrected chi connectivity index (χ4v) is 5.42. The maximum absolute atomic E-state index is 12.7. The summed E-state index contributed by atoms with van der Waals surface area (Å²) in [6, 6.07) is 10.7. The van der Waals surface area contributed by atoms with Gasteiger partial charge in [0.1, 0.15) is 0 Å². The van der Waals surface area contributed by atoms with Gasteiger partial charge in [-0.15, -0.1) is 0 Å².